The molecule has 4 N–H and O–H groups in total. The Balaban J connectivity index is 0.000000351. The standard InChI is InChI=1S/C13H16N2O3.C12H14N2O3.Li.H2O/c1-13(2,17)8-15-7-10(12(16)18-3)9-5-4-6-14-11(9)15;1-12(2,17)7-14-6-9(11(15)16)8-4-3-5-13-10(8)14;;/h4-7,17H,8H2,1-3H3;3-6,17H,7H2,1-2H3,(H,15,16);;1H2/q;;+1;/p-1. The predicted molar refractivity (Wildman–Crippen MR) is 132 cm³/mol. The maximum atomic E-state index is 11.7. The first kappa shape index (κ1) is 31.8. The second-order valence-electron chi connectivity index (χ2n) is 9.51. The number of aliphatic hydroxyl groups is 2. The second-order valence-corrected chi connectivity index (χ2v) is 9.51. The number of ether oxygens (including phenoxy) is 1. The molecule has 0 spiro atoms. The number of fused-ring (bicyclic) bond motifs is 2. The van der Waals surface area contributed by atoms with Crippen molar-refractivity contribution in [3.05, 3.63) is 60.2 Å². The van der Waals surface area contributed by atoms with Crippen molar-refractivity contribution < 1.29 is 54.0 Å². The van der Waals surface area contributed by atoms with Crippen molar-refractivity contribution in [1.82, 2.24) is 19.1 Å². The van der Waals surface area contributed by atoms with E-state index in [0.717, 1.165) is 5.39 Å². The maximum absolute atomic E-state index is 11.7. The van der Waals surface area contributed by atoms with Gasteiger partial charge in [-0.05, 0) is 52.0 Å². The van der Waals surface area contributed by atoms with Crippen LogP contribution in [0.3, 0.4) is 0 Å². The zero-order valence-corrected chi connectivity index (χ0v) is 21.8. The summed E-state index contributed by atoms with van der Waals surface area (Å²) < 4.78 is 8.18. The summed E-state index contributed by atoms with van der Waals surface area (Å²) in [4.78, 5) is 31.2. The molecule has 0 fully saturated rings. The molecule has 12 heteroatoms. The molecule has 0 aliphatic carbocycles. The van der Waals surface area contributed by atoms with Crippen LogP contribution in [0.1, 0.15) is 48.4 Å². The van der Waals surface area contributed by atoms with E-state index in [2.05, 4.69) is 9.97 Å². The molecule has 4 rings (SSSR count). The summed E-state index contributed by atoms with van der Waals surface area (Å²) in [5.74, 6) is -1.39. The van der Waals surface area contributed by atoms with Crippen LogP contribution in [-0.2, 0) is 17.8 Å². The van der Waals surface area contributed by atoms with Gasteiger partial charge in [0.25, 0.3) is 0 Å². The normalized spacial score (nSPS) is 11.2. The molecule has 0 aromatic carbocycles. The second kappa shape index (κ2) is 12.4. The summed E-state index contributed by atoms with van der Waals surface area (Å²) in [6.45, 7) is 7.41. The van der Waals surface area contributed by atoms with Crippen molar-refractivity contribution in [3.63, 3.8) is 0 Å². The number of methoxy groups -OCH3 is 1. The number of hydrogen-bond acceptors (Lipinski definition) is 8. The van der Waals surface area contributed by atoms with Gasteiger partial charge < -0.3 is 34.7 Å². The van der Waals surface area contributed by atoms with E-state index in [9.17, 15) is 19.8 Å². The molecule has 0 saturated heterocycles. The van der Waals surface area contributed by atoms with Gasteiger partial charge in [-0.15, -0.1) is 0 Å². The molecule has 4 heterocycles. The largest absolute Gasteiger partial charge is 1.00 e. The van der Waals surface area contributed by atoms with E-state index >= 15 is 0 Å². The van der Waals surface area contributed by atoms with Gasteiger partial charge >= 0.3 is 30.8 Å². The Kier molecular flexibility index (Phi) is 10.6. The SMILES string of the molecule is CC(C)(O)Cn1cc(C(=O)O)c2cccnc21.COC(=O)c1cn(CC(C)(C)O)c2ncccc12.[Li+].[OH-]. The zero-order chi connectivity index (χ0) is 26.0. The third-order valence-electron chi connectivity index (χ3n) is 5.02. The number of carboxylic acid groups (broad SMARTS) is 1. The van der Waals surface area contributed by atoms with E-state index in [1.54, 1.807) is 73.6 Å². The van der Waals surface area contributed by atoms with Gasteiger partial charge in [-0.2, -0.15) is 0 Å². The average molecular weight is 506 g/mol. The van der Waals surface area contributed by atoms with Crippen LogP contribution >= 0.6 is 0 Å². The summed E-state index contributed by atoms with van der Waals surface area (Å²) >= 11 is 0. The minimum Gasteiger partial charge on any atom is -0.870 e. The molecular formula is C25H31LiN4O7. The number of hydrogen-bond donors (Lipinski definition) is 3. The summed E-state index contributed by atoms with van der Waals surface area (Å²) in [5.41, 5.74) is 0.116. The number of carbonyl (C=O) groups excluding carboxylic acids is 1. The van der Waals surface area contributed by atoms with Gasteiger partial charge in [0, 0.05) is 35.6 Å². The Morgan fingerprint density at radius 1 is 0.865 bits per heavy atom. The van der Waals surface area contributed by atoms with Crippen LogP contribution < -0.4 is 18.9 Å². The van der Waals surface area contributed by atoms with Gasteiger partial charge in [0.15, 0.2) is 0 Å². The van der Waals surface area contributed by atoms with E-state index in [-0.39, 0.29) is 29.9 Å². The van der Waals surface area contributed by atoms with Crippen molar-refractivity contribution >= 4 is 34.0 Å². The summed E-state index contributed by atoms with van der Waals surface area (Å²) in [6, 6.07) is 6.99. The summed E-state index contributed by atoms with van der Waals surface area (Å²) in [6.07, 6.45) is 6.44. The summed E-state index contributed by atoms with van der Waals surface area (Å²) in [5, 5.41) is 30.1. The molecule has 0 amide bonds. The molecule has 0 aliphatic rings. The number of pyridine rings is 2. The number of nitrogens with zero attached hydrogens (tertiary/aromatic N) is 4. The number of carboxylic acids is 1. The molecule has 194 valence electrons. The number of aromatic carboxylic acids is 1. The van der Waals surface area contributed by atoms with Gasteiger partial charge in [-0.1, -0.05) is 0 Å². The van der Waals surface area contributed by atoms with Gasteiger partial charge in [0.1, 0.15) is 11.3 Å². The first-order valence-corrected chi connectivity index (χ1v) is 10.9. The van der Waals surface area contributed by atoms with Crippen molar-refractivity contribution in [1.29, 1.82) is 0 Å². The number of rotatable bonds is 6. The Bertz CT molecular complexity index is 1370. The van der Waals surface area contributed by atoms with Gasteiger partial charge in [0.05, 0.1) is 42.5 Å². The molecule has 4 aromatic rings. The third-order valence-corrected chi connectivity index (χ3v) is 5.02. The van der Waals surface area contributed by atoms with Crippen LogP contribution in [0.25, 0.3) is 22.1 Å². The van der Waals surface area contributed by atoms with Crippen LogP contribution in [0.2, 0.25) is 0 Å². The monoisotopic (exact) mass is 506 g/mol. The molecule has 0 bridgehead atoms. The Labute approximate surface area is 226 Å². The fourth-order valence-corrected chi connectivity index (χ4v) is 3.76. The first-order chi connectivity index (χ1) is 16.3. The van der Waals surface area contributed by atoms with E-state index in [0.29, 0.717) is 35.3 Å². The van der Waals surface area contributed by atoms with Crippen molar-refractivity contribution in [3.8, 4) is 0 Å². The van der Waals surface area contributed by atoms with Crippen LogP contribution in [-0.4, -0.2) is 70.1 Å². The molecule has 0 saturated carbocycles. The van der Waals surface area contributed by atoms with E-state index in [1.165, 1.54) is 13.3 Å². The zero-order valence-electron chi connectivity index (χ0n) is 21.8. The van der Waals surface area contributed by atoms with Crippen molar-refractivity contribution in [2.75, 3.05) is 7.11 Å². The average Bonchev–Trinajstić information content (AvgIpc) is 3.31. The maximum Gasteiger partial charge on any atom is 1.00 e. The quantitative estimate of drug-likeness (QED) is 0.239. The third kappa shape index (κ3) is 7.89. The number of aromatic nitrogens is 4. The smallest absolute Gasteiger partial charge is 0.870 e. The van der Waals surface area contributed by atoms with Crippen LogP contribution in [0, 0.1) is 0 Å². The molecule has 4 aromatic heterocycles. The topological polar surface area (TPSA) is 170 Å². The fourth-order valence-electron chi connectivity index (χ4n) is 3.76. The molecule has 37 heavy (non-hydrogen) atoms. The van der Waals surface area contributed by atoms with Crippen LogP contribution in [0.15, 0.2) is 49.1 Å². The van der Waals surface area contributed by atoms with Crippen molar-refractivity contribution in [2.45, 2.75) is 52.0 Å². The minimum absolute atomic E-state index is 0. The number of esters is 1. The van der Waals surface area contributed by atoms with E-state index in [1.807, 2.05) is 6.07 Å². The Hall–Kier alpha value is -3.20. The van der Waals surface area contributed by atoms with Crippen LogP contribution in [0.5, 0.6) is 0 Å². The van der Waals surface area contributed by atoms with E-state index in [4.69, 9.17) is 9.84 Å². The van der Waals surface area contributed by atoms with Crippen molar-refractivity contribution in [2.24, 2.45) is 0 Å². The summed E-state index contributed by atoms with van der Waals surface area (Å²) in [7, 11) is 1.35. The fraction of sp³-hybridized carbons (Fsp3) is 0.360. The minimum atomic E-state index is -0.988. The van der Waals surface area contributed by atoms with Crippen LogP contribution in [0.4, 0.5) is 0 Å². The molecular weight excluding hydrogens is 475 g/mol. The van der Waals surface area contributed by atoms with Gasteiger partial charge in [-0.25, -0.2) is 19.6 Å². The number of carbonyl (C=O) groups is 2. The Morgan fingerprint density at radius 3 is 1.65 bits per heavy atom. The predicted octanol–water partition coefficient (Wildman–Crippen LogP) is -0.0736. The Morgan fingerprint density at radius 2 is 1.27 bits per heavy atom. The molecule has 0 unspecified atom stereocenters. The molecule has 11 nitrogen and oxygen atoms in total. The first-order valence-electron chi connectivity index (χ1n) is 10.9. The van der Waals surface area contributed by atoms with E-state index < -0.39 is 23.1 Å². The van der Waals surface area contributed by atoms with Gasteiger partial charge in [0.2, 0.25) is 0 Å². The molecule has 0 atom stereocenters. The molecule has 0 radical (unpaired) electrons. The van der Waals surface area contributed by atoms with Gasteiger partial charge in [-0.3, -0.25) is 0 Å². The molecule has 0 aliphatic heterocycles.